The molecule has 4 nitrogen and oxygen atoms in total. The summed E-state index contributed by atoms with van der Waals surface area (Å²) in [6.45, 7) is 9.16. The number of rotatable bonds is 10. The molecule has 0 aliphatic carbocycles. The summed E-state index contributed by atoms with van der Waals surface area (Å²) in [4.78, 5) is 22.6. The van der Waals surface area contributed by atoms with Crippen LogP contribution >= 0.6 is 23.5 Å². The molecule has 0 heterocycles. The summed E-state index contributed by atoms with van der Waals surface area (Å²) in [5, 5.41) is 1.46. The summed E-state index contributed by atoms with van der Waals surface area (Å²) in [6, 6.07) is 15.4. The maximum absolute atomic E-state index is 11.4. The highest BCUT2D eigenvalue weighted by atomic mass is 32.2. The fourth-order valence-electron chi connectivity index (χ4n) is 2.13. The first-order valence-corrected chi connectivity index (χ1v) is 10.7. The van der Waals surface area contributed by atoms with Crippen LogP contribution in [-0.4, -0.2) is 22.6 Å². The average Bonchev–Trinajstić information content (AvgIpc) is 2.74. The Morgan fingerprint density at radius 1 is 1.00 bits per heavy atom. The Bertz CT molecular complexity index is 884. The van der Waals surface area contributed by atoms with E-state index >= 15 is 0 Å². The van der Waals surface area contributed by atoms with Gasteiger partial charge in [0.25, 0.3) is 0 Å². The minimum Gasteiger partial charge on any atom is -0.493 e. The summed E-state index contributed by atoms with van der Waals surface area (Å²) >= 11 is 2.22. The van der Waals surface area contributed by atoms with Crippen molar-refractivity contribution < 1.29 is 19.1 Å². The molecule has 0 radical (unpaired) electrons. The van der Waals surface area contributed by atoms with Crippen LogP contribution in [0.15, 0.2) is 85.0 Å². The van der Waals surface area contributed by atoms with E-state index in [-0.39, 0.29) is 10.2 Å². The lowest BCUT2D eigenvalue weighted by Crippen LogP contribution is -2.01. The third-order valence-electron chi connectivity index (χ3n) is 3.59. The zero-order valence-corrected chi connectivity index (χ0v) is 17.8. The van der Waals surface area contributed by atoms with Crippen LogP contribution in [0.4, 0.5) is 0 Å². The number of carbonyl (C=O) groups excluding carboxylic acids is 2. The number of benzene rings is 2. The van der Waals surface area contributed by atoms with Crippen molar-refractivity contribution in [3.8, 4) is 22.6 Å². The van der Waals surface area contributed by atoms with E-state index in [1.165, 1.54) is 24.1 Å². The maximum atomic E-state index is 11.4. The largest absolute Gasteiger partial charge is 0.493 e. The van der Waals surface area contributed by atoms with Gasteiger partial charge in [0.1, 0.15) is 11.5 Å². The highest BCUT2D eigenvalue weighted by Gasteiger charge is 2.02. The summed E-state index contributed by atoms with van der Waals surface area (Å²) in [5.74, 6) is 2.02. The second kappa shape index (κ2) is 12.0. The van der Waals surface area contributed by atoms with Crippen molar-refractivity contribution in [3.63, 3.8) is 0 Å². The Labute approximate surface area is 179 Å². The highest BCUT2D eigenvalue weighted by molar-refractivity contribution is 8.16. The fraction of sp³-hybridized carbons (Fsp3) is 0.130. The lowest BCUT2D eigenvalue weighted by Gasteiger charge is -2.07. The van der Waals surface area contributed by atoms with Gasteiger partial charge in [-0.2, -0.15) is 0 Å². The second-order valence-corrected chi connectivity index (χ2v) is 7.82. The van der Waals surface area contributed by atoms with Crippen LogP contribution in [-0.2, 0) is 9.59 Å². The molecule has 0 fully saturated rings. The first-order valence-electron chi connectivity index (χ1n) is 8.80. The van der Waals surface area contributed by atoms with Gasteiger partial charge in [-0.1, -0.05) is 60.9 Å². The average molecular weight is 427 g/mol. The number of hydrogen-bond acceptors (Lipinski definition) is 6. The van der Waals surface area contributed by atoms with E-state index in [9.17, 15) is 9.59 Å². The first-order chi connectivity index (χ1) is 14.0. The molecule has 0 saturated heterocycles. The molecule has 29 heavy (non-hydrogen) atoms. The minimum atomic E-state index is -0.0865. The van der Waals surface area contributed by atoms with Crippen LogP contribution < -0.4 is 9.47 Å². The van der Waals surface area contributed by atoms with Crippen molar-refractivity contribution >= 4 is 33.8 Å². The molecule has 0 aromatic heterocycles. The molecule has 0 atom stereocenters. The van der Waals surface area contributed by atoms with Gasteiger partial charge in [0.05, 0.1) is 12.9 Å². The third kappa shape index (κ3) is 8.05. The highest BCUT2D eigenvalue weighted by Crippen LogP contribution is 2.25. The van der Waals surface area contributed by atoms with Crippen LogP contribution in [0.1, 0.15) is 6.92 Å². The minimum absolute atomic E-state index is 0.0500. The van der Waals surface area contributed by atoms with E-state index in [0.29, 0.717) is 23.7 Å². The lowest BCUT2D eigenvalue weighted by molar-refractivity contribution is -0.108. The van der Waals surface area contributed by atoms with Gasteiger partial charge in [-0.15, -0.1) is 0 Å². The van der Waals surface area contributed by atoms with Crippen LogP contribution in [0.5, 0.6) is 11.5 Å². The second-order valence-electron chi connectivity index (χ2n) is 5.84. The van der Waals surface area contributed by atoms with Gasteiger partial charge >= 0.3 is 0 Å². The SMILES string of the molecule is C=CC(=O)SCCOc1ccc(-c2ccc(OC=CSC(=O)C(=C)C)cc2)cc1. The summed E-state index contributed by atoms with van der Waals surface area (Å²) in [7, 11) is 0. The Kier molecular flexibility index (Phi) is 9.34. The van der Waals surface area contributed by atoms with Crippen LogP contribution in [0.25, 0.3) is 11.1 Å². The van der Waals surface area contributed by atoms with Crippen molar-refractivity contribution in [2.75, 3.05) is 12.4 Å². The predicted octanol–water partition coefficient (Wildman–Crippen LogP) is 5.86. The molecule has 2 aromatic rings. The molecule has 0 aliphatic rings. The zero-order valence-electron chi connectivity index (χ0n) is 16.1. The van der Waals surface area contributed by atoms with Gasteiger partial charge in [-0.3, -0.25) is 9.59 Å². The van der Waals surface area contributed by atoms with Gasteiger partial charge in [-0.25, -0.2) is 0 Å². The third-order valence-corrected chi connectivity index (χ3v) is 5.22. The van der Waals surface area contributed by atoms with E-state index in [0.717, 1.165) is 28.6 Å². The summed E-state index contributed by atoms with van der Waals surface area (Å²) < 4.78 is 11.1. The molecular weight excluding hydrogens is 404 g/mol. The van der Waals surface area contributed by atoms with Crippen LogP contribution in [0.3, 0.4) is 0 Å². The Morgan fingerprint density at radius 3 is 2.14 bits per heavy atom. The van der Waals surface area contributed by atoms with Gasteiger partial charge in [0, 0.05) is 11.2 Å². The van der Waals surface area contributed by atoms with Crippen molar-refractivity contribution in [1.29, 1.82) is 0 Å². The van der Waals surface area contributed by atoms with Crippen molar-refractivity contribution in [1.82, 2.24) is 0 Å². The van der Waals surface area contributed by atoms with E-state index in [1.807, 2.05) is 48.5 Å². The number of hydrogen-bond donors (Lipinski definition) is 0. The topological polar surface area (TPSA) is 52.6 Å². The van der Waals surface area contributed by atoms with Crippen LogP contribution in [0, 0.1) is 0 Å². The molecule has 0 N–H and O–H groups in total. The van der Waals surface area contributed by atoms with E-state index < -0.39 is 0 Å². The van der Waals surface area contributed by atoms with Crippen molar-refractivity contribution in [2.45, 2.75) is 6.92 Å². The van der Waals surface area contributed by atoms with Crippen LogP contribution in [0.2, 0.25) is 0 Å². The standard InChI is InChI=1S/C23H22O4S2/c1-4-22(24)28-15-13-26-20-9-5-18(6-10-20)19-7-11-21(12-8-19)27-14-16-29-23(25)17(2)3/h4-12,14,16H,1-2,13,15H2,3H3. The molecule has 0 bridgehead atoms. The Hall–Kier alpha value is -2.70. The van der Waals surface area contributed by atoms with Gasteiger partial charge in [-0.05, 0) is 54.0 Å². The molecule has 6 heteroatoms. The number of thioether (sulfide) groups is 2. The summed E-state index contributed by atoms with van der Waals surface area (Å²) in [5.41, 5.74) is 2.60. The van der Waals surface area contributed by atoms with Crippen molar-refractivity contribution in [3.05, 3.63) is 85.0 Å². The monoisotopic (exact) mass is 426 g/mol. The Balaban J connectivity index is 1.84. The quantitative estimate of drug-likeness (QED) is 0.269. The predicted molar refractivity (Wildman–Crippen MR) is 122 cm³/mol. The van der Waals surface area contributed by atoms with Gasteiger partial charge in [0.2, 0.25) is 10.2 Å². The van der Waals surface area contributed by atoms with Gasteiger partial charge in [0.15, 0.2) is 0 Å². The van der Waals surface area contributed by atoms with E-state index in [2.05, 4.69) is 13.2 Å². The molecule has 0 unspecified atom stereocenters. The van der Waals surface area contributed by atoms with E-state index in [1.54, 1.807) is 12.3 Å². The van der Waals surface area contributed by atoms with Crippen molar-refractivity contribution in [2.24, 2.45) is 0 Å². The number of carbonyl (C=O) groups is 2. The molecular formula is C23H22O4S2. The van der Waals surface area contributed by atoms with E-state index in [4.69, 9.17) is 9.47 Å². The molecule has 2 aromatic carbocycles. The lowest BCUT2D eigenvalue weighted by atomic mass is 10.1. The smallest absolute Gasteiger partial charge is 0.218 e. The molecule has 2 rings (SSSR count). The number of ether oxygens (including phenoxy) is 2. The first kappa shape index (κ1) is 22.6. The normalized spacial score (nSPS) is 10.5. The molecule has 0 spiro atoms. The fourth-order valence-corrected chi connectivity index (χ4v) is 3.05. The molecule has 0 saturated carbocycles. The molecule has 0 aliphatic heterocycles. The maximum Gasteiger partial charge on any atom is 0.218 e. The summed E-state index contributed by atoms with van der Waals surface area (Å²) in [6.07, 6.45) is 2.78. The Morgan fingerprint density at radius 2 is 1.59 bits per heavy atom. The zero-order chi connectivity index (χ0) is 21.1. The molecule has 150 valence electrons. The van der Waals surface area contributed by atoms with Gasteiger partial charge < -0.3 is 9.47 Å². The molecule has 0 amide bonds.